The Morgan fingerprint density at radius 1 is 1.07 bits per heavy atom. The second-order valence-corrected chi connectivity index (χ2v) is 9.08. The number of carboxylic acids is 1. The molecule has 0 spiro atoms. The summed E-state index contributed by atoms with van der Waals surface area (Å²) in [5, 5.41) is 13.1. The fraction of sp³-hybridized carbons (Fsp3) is 0.650. The van der Waals surface area contributed by atoms with Crippen LogP contribution in [0.2, 0.25) is 0 Å². The van der Waals surface area contributed by atoms with Gasteiger partial charge in [-0.25, -0.2) is 4.79 Å². The molecule has 4 atom stereocenters. The number of rotatable bonds is 4. The van der Waals surface area contributed by atoms with Crippen LogP contribution in [-0.2, 0) is 27.2 Å². The number of nitrogens with one attached hydrogen (secondary N) is 1. The number of methoxy groups -OCH3 is 1. The Hall–Kier alpha value is -1.89. The number of ether oxygens (including phenoxy) is 1. The number of carbonyl (C=O) groups is 3. The van der Waals surface area contributed by atoms with Crippen molar-refractivity contribution in [3.8, 4) is 0 Å². The topological polar surface area (TPSA) is 92.7 Å². The Morgan fingerprint density at radius 3 is 2.48 bits per heavy atom. The molecule has 146 valence electrons. The van der Waals surface area contributed by atoms with Gasteiger partial charge in [0, 0.05) is 4.88 Å². The summed E-state index contributed by atoms with van der Waals surface area (Å²) in [6, 6.07) is 0. The molecule has 0 unspecified atom stereocenters. The quantitative estimate of drug-likeness (QED) is 0.605. The average molecular weight is 391 g/mol. The maximum atomic E-state index is 13.0. The van der Waals surface area contributed by atoms with E-state index in [1.54, 1.807) is 0 Å². The summed E-state index contributed by atoms with van der Waals surface area (Å²) in [5.41, 5.74) is 1.48. The largest absolute Gasteiger partial charge is 0.481 e. The van der Waals surface area contributed by atoms with Gasteiger partial charge in [0.05, 0.1) is 24.5 Å². The molecule has 0 saturated heterocycles. The van der Waals surface area contributed by atoms with Gasteiger partial charge in [0.1, 0.15) is 5.00 Å². The van der Waals surface area contributed by atoms with Crippen LogP contribution < -0.4 is 5.32 Å². The molecule has 0 radical (unpaired) electrons. The fourth-order valence-corrected chi connectivity index (χ4v) is 6.65. The van der Waals surface area contributed by atoms with Crippen LogP contribution in [-0.4, -0.2) is 30.1 Å². The van der Waals surface area contributed by atoms with E-state index in [1.165, 1.54) is 18.4 Å². The second-order valence-electron chi connectivity index (χ2n) is 7.97. The van der Waals surface area contributed by atoms with Gasteiger partial charge in [-0.05, 0) is 62.3 Å². The van der Waals surface area contributed by atoms with Crippen LogP contribution in [0.5, 0.6) is 0 Å². The van der Waals surface area contributed by atoms with E-state index in [-0.39, 0.29) is 17.7 Å². The molecule has 0 aliphatic heterocycles. The first-order chi connectivity index (χ1) is 13.0. The smallest absolute Gasteiger partial charge is 0.341 e. The van der Waals surface area contributed by atoms with Crippen molar-refractivity contribution in [2.45, 2.75) is 51.4 Å². The van der Waals surface area contributed by atoms with Crippen molar-refractivity contribution < 1.29 is 24.2 Å². The Bertz CT molecular complexity index is 786. The molecule has 0 aromatic carbocycles. The summed E-state index contributed by atoms with van der Waals surface area (Å²) in [6.07, 6.45) is 7.59. The average Bonchev–Trinajstić information content (AvgIpc) is 3.30. The van der Waals surface area contributed by atoms with E-state index in [1.807, 2.05) is 0 Å². The maximum Gasteiger partial charge on any atom is 0.341 e. The van der Waals surface area contributed by atoms with Crippen LogP contribution in [0, 0.1) is 23.7 Å². The monoisotopic (exact) mass is 391 g/mol. The van der Waals surface area contributed by atoms with Crippen molar-refractivity contribution in [2.24, 2.45) is 23.7 Å². The molecule has 2 saturated carbocycles. The summed E-state index contributed by atoms with van der Waals surface area (Å²) in [7, 11) is 1.35. The number of fused-ring (bicyclic) bond motifs is 3. The van der Waals surface area contributed by atoms with Gasteiger partial charge in [0.25, 0.3) is 0 Å². The van der Waals surface area contributed by atoms with Crippen molar-refractivity contribution in [2.75, 3.05) is 12.4 Å². The van der Waals surface area contributed by atoms with Gasteiger partial charge >= 0.3 is 11.9 Å². The number of carboxylic acid groups (broad SMARTS) is 1. The number of amides is 1. The molecule has 3 aliphatic carbocycles. The number of anilines is 1. The molecule has 6 nitrogen and oxygen atoms in total. The molecule has 4 rings (SSSR count). The van der Waals surface area contributed by atoms with Crippen LogP contribution in [0.15, 0.2) is 0 Å². The summed E-state index contributed by atoms with van der Waals surface area (Å²) in [4.78, 5) is 38.3. The molecule has 2 fully saturated rings. The highest BCUT2D eigenvalue weighted by Gasteiger charge is 2.54. The highest BCUT2D eigenvalue weighted by molar-refractivity contribution is 7.17. The first kappa shape index (κ1) is 18.5. The zero-order chi connectivity index (χ0) is 19.1. The first-order valence-corrected chi connectivity index (χ1v) is 10.6. The van der Waals surface area contributed by atoms with Crippen molar-refractivity contribution in [1.82, 2.24) is 0 Å². The van der Waals surface area contributed by atoms with Crippen molar-refractivity contribution in [3.63, 3.8) is 0 Å². The predicted molar refractivity (Wildman–Crippen MR) is 101 cm³/mol. The molecule has 7 heteroatoms. The predicted octanol–water partition coefficient (Wildman–Crippen LogP) is 3.49. The molecular formula is C20H25NO5S. The minimum absolute atomic E-state index is 0.100. The van der Waals surface area contributed by atoms with E-state index in [0.29, 0.717) is 10.6 Å². The molecule has 1 heterocycles. The Kier molecular flexibility index (Phi) is 4.97. The molecule has 3 aliphatic rings. The van der Waals surface area contributed by atoms with Gasteiger partial charge in [0.15, 0.2) is 0 Å². The van der Waals surface area contributed by atoms with Gasteiger partial charge in [-0.1, -0.05) is 6.42 Å². The van der Waals surface area contributed by atoms with Crippen LogP contribution in [0.1, 0.15) is 59.3 Å². The van der Waals surface area contributed by atoms with Crippen molar-refractivity contribution >= 4 is 34.2 Å². The number of hydrogen-bond acceptors (Lipinski definition) is 5. The maximum absolute atomic E-state index is 13.0. The third-order valence-corrected chi connectivity index (χ3v) is 7.76. The van der Waals surface area contributed by atoms with E-state index in [2.05, 4.69) is 5.32 Å². The Balaban J connectivity index is 1.63. The zero-order valence-corrected chi connectivity index (χ0v) is 16.3. The number of aliphatic carboxylic acids is 1. The van der Waals surface area contributed by atoms with Crippen molar-refractivity contribution in [3.05, 3.63) is 16.0 Å². The highest BCUT2D eigenvalue weighted by atomic mass is 32.1. The van der Waals surface area contributed by atoms with Gasteiger partial charge in [-0.2, -0.15) is 0 Å². The van der Waals surface area contributed by atoms with E-state index in [9.17, 15) is 19.5 Å². The van der Waals surface area contributed by atoms with E-state index >= 15 is 0 Å². The summed E-state index contributed by atoms with van der Waals surface area (Å²) in [6.45, 7) is 0. The van der Waals surface area contributed by atoms with Crippen LogP contribution in [0.3, 0.4) is 0 Å². The lowest BCUT2D eigenvalue weighted by Crippen LogP contribution is -2.38. The Labute approximate surface area is 162 Å². The lowest BCUT2D eigenvalue weighted by molar-refractivity contribution is -0.148. The molecule has 1 aromatic rings. The molecule has 2 bridgehead atoms. The molecular weight excluding hydrogens is 366 g/mol. The lowest BCUT2D eigenvalue weighted by Gasteiger charge is -2.26. The van der Waals surface area contributed by atoms with E-state index in [4.69, 9.17) is 4.74 Å². The zero-order valence-electron chi connectivity index (χ0n) is 15.5. The van der Waals surface area contributed by atoms with Crippen LogP contribution in [0.25, 0.3) is 0 Å². The third-order valence-electron chi connectivity index (χ3n) is 6.55. The van der Waals surface area contributed by atoms with Gasteiger partial charge < -0.3 is 15.2 Å². The number of esters is 1. The molecule has 27 heavy (non-hydrogen) atoms. The van der Waals surface area contributed by atoms with E-state index in [0.717, 1.165) is 61.8 Å². The number of hydrogen-bond donors (Lipinski definition) is 2. The molecule has 1 amide bonds. The minimum Gasteiger partial charge on any atom is -0.481 e. The Morgan fingerprint density at radius 2 is 1.78 bits per heavy atom. The van der Waals surface area contributed by atoms with Gasteiger partial charge in [-0.15, -0.1) is 11.3 Å². The summed E-state index contributed by atoms with van der Waals surface area (Å²) in [5.74, 6) is -2.43. The third kappa shape index (κ3) is 3.16. The SMILES string of the molecule is COC(=O)c1c(NC(=O)[C@@H]2[C@H]3CC[C@@H](C3)[C@H]2C(=O)O)sc2c1CCCCC2. The lowest BCUT2D eigenvalue weighted by atomic mass is 9.79. The number of aryl methyl sites for hydroxylation is 1. The highest BCUT2D eigenvalue weighted by Crippen LogP contribution is 2.53. The van der Waals surface area contributed by atoms with Crippen LogP contribution in [0.4, 0.5) is 5.00 Å². The second kappa shape index (κ2) is 7.26. The molecule has 1 aromatic heterocycles. The van der Waals surface area contributed by atoms with E-state index < -0.39 is 23.8 Å². The first-order valence-electron chi connectivity index (χ1n) is 9.77. The fourth-order valence-electron chi connectivity index (χ4n) is 5.37. The van der Waals surface area contributed by atoms with Crippen LogP contribution >= 0.6 is 11.3 Å². The van der Waals surface area contributed by atoms with Gasteiger partial charge in [0.2, 0.25) is 5.91 Å². The minimum atomic E-state index is -0.877. The summed E-state index contributed by atoms with van der Waals surface area (Å²) < 4.78 is 4.98. The number of thiophene rings is 1. The van der Waals surface area contributed by atoms with Crippen molar-refractivity contribution in [1.29, 1.82) is 0 Å². The van der Waals surface area contributed by atoms with Gasteiger partial charge in [-0.3, -0.25) is 9.59 Å². The molecule has 2 N–H and O–H groups in total. The normalized spacial score (nSPS) is 29.1. The standard InChI is InChI=1S/C20H25NO5S/c1-26-20(25)16-12-5-3-2-4-6-13(12)27-18(16)21-17(22)14-10-7-8-11(9-10)15(14)19(23)24/h10-11,14-15H,2-9H2,1H3,(H,21,22)(H,23,24)/t10-,11-,14+,15+/m0/s1. The number of carbonyl (C=O) groups excluding carboxylic acids is 2. The summed E-state index contributed by atoms with van der Waals surface area (Å²) >= 11 is 1.46.